The third-order valence-corrected chi connectivity index (χ3v) is 4.68. The number of nitrogens with one attached hydrogen (secondary N) is 1. The molecular formula is C21H17N7O. The second-order valence-electron chi connectivity index (χ2n) is 6.80. The zero-order valence-corrected chi connectivity index (χ0v) is 15.9. The predicted octanol–water partition coefficient (Wildman–Crippen LogP) is 3.31. The largest absolute Gasteiger partial charge is 0.303 e. The summed E-state index contributed by atoms with van der Waals surface area (Å²) < 4.78 is 3.42. The van der Waals surface area contributed by atoms with Gasteiger partial charge in [-0.05, 0) is 31.5 Å². The number of carbonyl (C=O) groups excluding carboxylic acids is 1. The van der Waals surface area contributed by atoms with Crippen molar-refractivity contribution in [2.75, 3.05) is 5.32 Å². The van der Waals surface area contributed by atoms with E-state index < -0.39 is 5.91 Å². The van der Waals surface area contributed by atoms with Gasteiger partial charge in [0.05, 0.1) is 0 Å². The van der Waals surface area contributed by atoms with Crippen LogP contribution in [0, 0.1) is 13.8 Å². The Labute approximate surface area is 165 Å². The van der Waals surface area contributed by atoms with Crippen LogP contribution in [0.4, 0.5) is 5.82 Å². The number of carbonyl (C=O) groups is 1. The van der Waals surface area contributed by atoms with Crippen LogP contribution in [0.15, 0.2) is 60.9 Å². The van der Waals surface area contributed by atoms with Gasteiger partial charge < -0.3 is 5.32 Å². The average Bonchev–Trinajstić information content (AvgIpc) is 3.32. The first-order valence-corrected chi connectivity index (χ1v) is 9.14. The molecule has 0 fully saturated rings. The van der Waals surface area contributed by atoms with E-state index in [0.717, 1.165) is 22.5 Å². The average molecular weight is 383 g/mol. The molecule has 0 saturated carbocycles. The van der Waals surface area contributed by atoms with Gasteiger partial charge in [-0.3, -0.25) is 9.20 Å². The van der Waals surface area contributed by atoms with Gasteiger partial charge in [-0.25, -0.2) is 14.5 Å². The Bertz CT molecular complexity index is 1370. The molecule has 4 heterocycles. The van der Waals surface area contributed by atoms with Crippen LogP contribution in [-0.2, 0) is 0 Å². The maximum Gasteiger partial charge on any atom is 0.296 e. The molecule has 5 aromatic rings. The van der Waals surface area contributed by atoms with Crippen molar-refractivity contribution in [1.82, 2.24) is 29.0 Å². The van der Waals surface area contributed by atoms with E-state index in [0.29, 0.717) is 17.3 Å². The van der Waals surface area contributed by atoms with Gasteiger partial charge in [-0.15, -0.1) is 5.10 Å². The van der Waals surface area contributed by atoms with Crippen LogP contribution >= 0.6 is 0 Å². The number of hydrogen-bond acceptors (Lipinski definition) is 5. The number of hydrogen-bond donors (Lipinski definition) is 1. The first-order valence-electron chi connectivity index (χ1n) is 9.14. The van der Waals surface area contributed by atoms with Gasteiger partial charge in [0.1, 0.15) is 17.2 Å². The molecule has 1 N–H and O–H groups in total. The van der Waals surface area contributed by atoms with Crippen molar-refractivity contribution >= 4 is 23.1 Å². The molecular weight excluding hydrogens is 366 g/mol. The molecule has 0 radical (unpaired) electrons. The highest BCUT2D eigenvalue weighted by Crippen LogP contribution is 2.29. The molecule has 1 amide bonds. The second-order valence-corrected chi connectivity index (χ2v) is 6.80. The van der Waals surface area contributed by atoms with Crippen LogP contribution in [0.1, 0.15) is 21.9 Å². The normalized spacial score (nSPS) is 11.2. The van der Waals surface area contributed by atoms with Crippen LogP contribution in [-0.4, -0.2) is 34.9 Å². The molecule has 8 heteroatoms. The SMILES string of the molecule is Cc1ccc2nc(-c3ccccc3)c(NC(=O)c3nc4nccc(C)n4n3)n2c1. The summed E-state index contributed by atoms with van der Waals surface area (Å²) in [6.45, 7) is 3.87. The van der Waals surface area contributed by atoms with Gasteiger partial charge >= 0.3 is 0 Å². The lowest BCUT2D eigenvalue weighted by atomic mass is 10.1. The maximum atomic E-state index is 13.0. The van der Waals surface area contributed by atoms with E-state index in [2.05, 4.69) is 20.4 Å². The zero-order chi connectivity index (χ0) is 20.0. The molecule has 4 aromatic heterocycles. The van der Waals surface area contributed by atoms with E-state index >= 15 is 0 Å². The van der Waals surface area contributed by atoms with Crippen molar-refractivity contribution in [3.8, 4) is 11.3 Å². The molecule has 29 heavy (non-hydrogen) atoms. The van der Waals surface area contributed by atoms with Crippen molar-refractivity contribution in [3.05, 3.63) is 78.0 Å². The van der Waals surface area contributed by atoms with Gasteiger partial charge in [0, 0.05) is 23.7 Å². The minimum Gasteiger partial charge on any atom is -0.303 e. The number of anilines is 1. The zero-order valence-electron chi connectivity index (χ0n) is 15.9. The van der Waals surface area contributed by atoms with Crippen molar-refractivity contribution in [2.24, 2.45) is 0 Å². The van der Waals surface area contributed by atoms with Crippen molar-refractivity contribution in [2.45, 2.75) is 13.8 Å². The molecule has 0 aliphatic carbocycles. The summed E-state index contributed by atoms with van der Waals surface area (Å²) in [7, 11) is 0. The number of imidazole rings is 1. The lowest BCUT2D eigenvalue weighted by Gasteiger charge is -2.06. The predicted molar refractivity (Wildman–Crippen MR) is 109 cm³/mol. The van der Waals surface area contributed by atoms with E-state index in [4.69, 9.17) is 4.98 Å². The third-order valence-electron chi connectivity index (χ3n) is 4.68. The summed E-state index contributed by atoms with van der Waals surface area (Å²) in [4.78, 5) is 26.1. The quantitative estimate of drug-likeness (QED) is 0.516. The number of benzene rings is 1. The van der Waals surface area contributed by atoms with Crippen LogP contribution in [0.3, 0.4) is 0 Å². The fourth-order valence-corrected chi connectivity index (χ4v) is 3.23. The van der Waals surface area contributed by atoms with Gasteiger partial charge in [-0.2, -0.15) is 4.98 Å². The first-order chi connectivity index (χ1) is 14.1. The van der Waals surface area contributed by atoms with E-state index in [1.54, 1.807) is 10.7 Å². The number of pyridine rings is 1. The van der Waals surface area contributed by atoms with Crippen molar-refractivity contribution in [1.29, 1.82) is 0 Å². The smallest absolute Gasteiger partial charge is 0.296 e. The molecule has 0 unspecified atom stereocenters. The highest BCUT2D eigenvalue weighted by atomic mass is 16.2. The highest BCUT2D eigenvalue weighted by Gasteiger charge is 2.20. The summed E-state index contributed by atoms with van der Waals surface area (Å²) in [6, 6.07) is 15.5. The number of fused-ring (bicyclic) bond motifs is 2. The first kappa shape index (κ1) is 17.1. The van der Waals surface area contributed by atoms with E-state index in [9.17, 15) is 4.79 Å². The molecule has 0 saturated heterocycles. The molecule has 8 nitrogen and oxygen atoms in total. The minimum absolute atomic E-state index is 0.0495. The Balaban J connectivity index is 1.62. The maximum absolute atomic E-state index is 13.0. The lowest BCUT2D eigenvalue weighted by molar-refractivity contribution is 0.101. The van der Waals surface area contributed by atoms with Crippen LogP contribution in [0.5, 0.6) is 0 Å². The summed E-state index contributed by atoms with van der Waals surface area (Å²) >= 11 is 0. The minimum atomic E-state index is -0.421. The number of rotatable bonds is 3. The van der Waals surface area contributed by atoms with E-state index in [1.807, 2.05) is 73.0 Å². The van der Waals surface area contributed by atoms with Gasteiger partial charge in [0.25, 0.3) is 11.7 Å². The third kappa shape index (κ3) is 2.91. The molecule has 142 valence electrons. The molecule has 0 atom stereocenters. The summed E-state index contributed by atoms with van der Waals surface area (Å²) in [5.41, 5.74) is 4.23. The number of aromatic nitrogens is 6. The Kier molecular flexibility index (Phi) is 3.83. The Hall–Kier alpha value is -4.07. The topological polar surface area (TPSA) is 89.5 Å². The van der Waals surface area contributed by atoms with Crippen molar-refractivity contribution < 1.29 is 4.79 Å². The number of nitrogens with zero attached hydrogens (tertiary/aromatic N) is 6. The van der Waals surface area contributed by atoms with Gasteiger partial charge in [0.2, 0.25) is 5.82 Å². The fourth-order valence-electron chi connectivity index (χ4n) is 3.23. The number of aryl methyl sites for hydroxylation is 2. The summed E-state index contributed by atoms with van der Waals surface area (Å²) in [6.07, 6.45) is 3.58. The molecule has 0 aliphatic heterocycles. The van der Waals surface area contributed by atoms with Crippen LogP contribution < -0.4 is 5.32 Å². The van der Waals surface area contributed by atoms with Crippen LogP contribution in [0.2, 0.25) is 0 Å². The van der Waals surface area contributed by atoms with E-state index in [1.165, 1.54) is 0 Å². The molecule has 0 spiro atoms. The Morgan fingerprint density at radius 2 is 1.83 bits per heavy atom. The number of amides is 1. The highest BCUT2D eigenvalue weighted by molar-refractivity contribution is 6.03. The second kappa shape index (κ2) is 6.52. The molecule has 0 aliphatic rings. The fraction of sp³-hybridized carbons (Fsp3) is 0.0952. The monoisotopic (exact) mass is 383 g/mol. The van der Waals surface area contributed by atoms with Crippen LogP contribution in [0.25, 0.3) is 22.7 Å². The molecule has 1 aromatic carbocycles. The standard InChI is InChI=1S/C21H17N7O/c1-13-8-9-16-23-17(15-6-4-3-5-7-15)19(27(16)12-13)25-20(29)18-24-21-22-11-10-14(2)28(21)26-18/h3-12H,1-2H3,(H,25,29). The van der Waals surface area contributed by atoms with E-state index in [-0.39, 0.29) is 5.82 Å². The lowest BCUT2D eigenvalue weighted by Crippen LogP contribution is -2.16. The molecule has 0 bridgehead atoms. The van der Waals surface area contributed by atoms with Gasteiger partial charge in [-0.1, -0.05) is 36.4 Å². The Morgan fingerprint density at radius 1 is 1.00 bits per heavy atom. The Morgan fingerprint density at radius 3 is 2.62 bits per heavy atom. The molecule has 5 rings (SSSR count). The summed E-state index contributed by atoms with van der Waals surface area (Å²) in [5, 5.41) is 7.25. The van der Waals surface area contributed by atoms with Crippen molar-refractivity contribution in [3.63, 3.8) is 0 Å². The summed E-state index contributed by atoms with van der Waals surface area (Å²) in [5.74, 6) is 0.583. The van der Waals surface area contributed by atoms with Gasteiger partial charge in [0.15, 0.2) is 0 Å².